The van der Waals surface area contributed by atoms with E-state index >= 15 is 0 Å². The summed E-state index contributed by atoms with van der Waals surface area (Å²) < 4.78 is 0. The number of carbonyl (C=O) groups excluding carboxylic acids is 1. The maximum Gasteiger partial charge on any atom is 0.335 e. The third-order valence-electron chi connectivity index (χ3n) is 4.73. The molecule has 1 aromatic carbocycles. The number of nitrogens with zero attached hydrogens (tertiary/aromatic N) is 2. The molecule has 0 radical (unpaired) electrons. The summed E-state index contributed by atoms with van der Waals surface area (Å²) in [6.45, 7) is 3.74. The van der Waals surface area contributed by atoms with Gasteiger partial charge >= 0.3 is 5.97 Å². The van der Waals surface area contributed by atoms with Crippen LogP contribution in [-0.2, 0) is 4.79 Å². The molecule has 0 aliphatic carbocycles. The summed E-state index contributed by atoms with van der Waals surface area (Å²) in [5.41, 5.74) is 1.08. The monoisotopic (exact) mass is 314 g/mol. The van der Waals surface area contributed by atoms with E-state index in [1.807, 2.05) is 4.90 Å². The van der Waals surface area contributed by atoms with Crippen molar-refractivity contribution in [2.24, 2.45) is 0 Å². The minimum absolute atomic E-state index is 0.0394. The van der Waals surface area contributed by atoms with Crippen LogP contribution in [0, 0.1) is 0 Å². The highest BCUT2D eigenvalue weighted by atomic mass is 16.4. The molecule has 23 heavy (non-hydrogen) atoms. The first kappa shape index (κ1) is 15.7. The largest absolute Gasteiger partial charge is 0.478 e. The van der Waals surface area contributed by atoms with Gasteiger partial charge in [0, 0.05) is 31.8 Å². The second kappa shape index (κ2) is 6.96. The predicted molar refractivity (Wildman–Crippen MR) is 88.2 cm³/mol. The van der Waals surface area contributed by atoms with E-state index in [9.17, 15) is 9.59 Å². The molecular weight excluding hydrogens is 292 g/mol. The van der Waals surface area contributed by atoms with Gasteiger partial charge in [-0.3, -0.25) is 9.69 Å². The average Bonchev–Trinajstić information content (AvgIpc) is 2.59. The molecule has 2 saturated heterocycles. The van der Waals surface area contributed by atoms with Crippen LogP contribution in [0.1, 0.15) is 35.2 Å². The molecule has 1 atom stereocenters. The van der Waals surface area contributed by atoms with Gasteiger partial charge in [-0.25, -0.2) is 4.79 Å². The van der Waals surface area contributed by atoms with Gasteiger partial charge in [-0.1, -0.05) is 18.6 Å². The Morgan fingerprint density at radius 1 is 1.09 bits per heavy atom. The Bertz CT molecular complexity index is 609. The molecule has 0 aromatic heterocycles. The van der Waals surface area contributed by atoms with Crippen LogP contribution in [0.4, 0.5) is 0 Å². The molecule has 1 aromatic rings. The number of piperazine rings is 1. The van der Waals surface area contributed by atoms with Crippen molar-refractivity contribution in [1.82, 2.24) is 9.80 Å². The molecule has 2 aliphatic heterocycles. The van der Waals surface area contributed by atoms with Gasteiger partial charge in [0.05, 0.1) is 5.56 Å². The van der Waals surface area contributed by atoms with Gasteiger partial charge in [0.1, 0.15) is 0 Å². The highest BCUT2D eigenvalue weighted by molar-refractivity contribution is 5.92. The van der Waals surface area contributed by atoms with Crippen LogP contribution in [0.25, 0.3) is 6.08 Å². The van der Waals surface area contributed by atoms with Gasteiger partial charge in [0.25, 0.3) is 0 Å². The molecule has 3 rings (SSSR count). The molecule has 2 fully saturated rings. The number of carboxylic acid groups (broad SMARTS) is 1. The first-order valence-electron chi connectivity index (χ1n) is 8.18. The van der Waals surface area contributed by atoms with Gasteiger partial charge < -0.3 is 10.0 Å². The van der Waals surface area contributed by atoms with Crippen molar-refractivity contribution in [3.8, 4) is 0 Å². The second-order valence-electron chi connectivity index (χ2n) is 6.23. The standard InChI is InChI=1S/C18H22N2O3/c21-17(9-6-14-4-7-15(8-5-14)18(22)23)20-12-11-19-10-2-1-3-16(19)13-20/h4-9,16H,1-3,10-13H2,(H,22,23). The number of hydrogen-bond donors (Lipinski definition) is 1. The molecule has 2 heterocycles. The SMILES string of the molecule is O=C(O)c1ccc(C=CC(=O)N2CCN3CCCCC3C2)cc1. The van der Waals surface area contributed by atoms with E-state index in [1.54, 1.807) is 36.4 Å². The van der Waals surface area contributed by atoms with E-state index in [1.165, 1.54) is 25.8 Å². The van der Waals surface area contributed by atoms with Crippen LogP contribution in [0.3, 0.4) is 0 Å². The van der Waals surface area contributed by atoms with Gasteiger partial charge in [-0.15, -0.1) is 0 Å². The van der Waals surface area contributed by atoms with Crippen LogP contribution in [0.2, 0.25) is 0 Å². The molecule has 1 unspecified atom stereocenters. The fraction of sp³-hybridized carbons (Fsp3) is 0.444. The highest BCUT2D eigenvalue weighted by Gasteiger charge is 2.30. The Morgan fingerprint density at radius 2 is 1.87 bits per heavy atom. The van der Waals surface area contributed by atoms with E-state index in [0.29, 0.717) is 6.04 Å². The summed E-state index contributed by atoms with van der Waals surface area (Å²) >= 11 is 0. The van der Waals surface area contributed by atoms with Crippen molar-refractivity contribution >= 4 is 18.0 Å². The highest BCUT2D eigenvalue weighted by Crippen LogP contribution is 2.21. The van der Waals surface area contributed by atoms with E-state index < -0.39 is 5.97 Å². The van der Waals surface area contributed by atoms with E-state index in [-0.39, 0.29) is 11.5 Å². The number of carboxylic acids is 1. The predicted octanol–water partition coefficient (Wildman–Crippen LogP) is 2.09. The van der Waals surface area contributed by atoms with Crippen LogP contribution in [0.15, 0.2) is 30.3 Å². The molecule has 5 heteroatoms. The first-order chi connectivity index (χ1) is 11.1. The lowest BCUT2D eigenvalue weighted by Crippen LogP contribution is -2.55. The Labute approximate surface area is 136 Å². The molecular formula is C18H22N2O3. The third-order valence-corrected chi connectivity index (χ3v) is 4.73. The molecule has 0 bridgehead atoms. The third kappa shape index (κ3) is 3.79. The zero-order valence-corrected chi connectivity index (χ0v) is 13.1. The summed E-state index contributed by atoms with van der Waals surface area (Å²) in [6, 6.07) is 7.05. The zero-order chi connectivity index (χ0) is 16.2. The van der Waals surface area contributed by atoms with Gasteiger partial charge in [-0.2, -0.15) is 0 Å². The van der Waals surface area contributed by atoms with Crippen molar-refractivity contribution < 1.29 is 14.7 Å². The van der Waals surface area contributed by atoms with Gasteiger partial charge in [-0.05, 0) is 43.2 Å². The van der Waals surface area contributed by atoms with Crippen molar-refractivity contribution in [2.45, 2.75) is 25.3 Å². The van der Waals surface area contributed by atoms with E-state index in [0.717, 1.165) is 25.2 Å². The molecule has 1 N–H and O–H groups in total. The number of amides is 1. The Kier molecular flexibility index (Phi) is 4.76. The number of rotatable bonds is 3. The number of piperidine rings is 1. The van der Waals surface area contributed by atoms with E-state index in [4.69, 9.17) is 5.11 Å². The minimum atomic E-state index is -0.943. The summed E-state index contributed by atoms with van der Waals surface area (Å²) in [5, 5.41) is 8.88. The Morgan fingerprint density at radius 3 is 2.61 bits per heavy atom. The van der Waals surface area contributed by atoms with E-state index in [2.05, 4.69) is 4.90 Å². The number of fused-ring (bicyclic) bond motifs is 1. The maximum atomic E-state index is 12.3. The summed E-state index contributed by atoms with van der Waals surface area (Å²) in [6.07, 6.45) is 7.06. The van der Waals surface area contributed by atoms with Crippen molar-refractivity contribution in [1.29, 1.82) is 0 Å². The molecule has 0 saturated carbocycles. The van der Waals surface area contributed by atoms with Crippen LogP contribution >= 0.6 is 0 Å². The van der Waals surface area contributed by atoms with Gasteiger partial charge in [0.2, 0.25) is 5.91 Å². The average molecular weight is 314 g/mol. The topological polar surface area (TPSA) is 60.9 Å². The minimum Gasteiger partial charge on any atom is -0.478 e. The lowest BCUT2D eigenvalue weighted by molar-refractivity contribution is -0.129. The Balaban J connectivity index is 1.59. The molecule has 5 nitrogen and oxygen atoms in total. The number of benzene rings is 1. The fourth-order valence-electron chi connectivity index (χ4n) is 3.37. The second-order valence-corrected chi connectivity index (χ2v) is 6.23. The molecule has 122 valence electrons. The number of carbonyl (C=O) groups is 2. The van der Waals surface area contributed by atoms with Gasteiger partial charge in [0.15, 0.2) is 0 Å². The normalized spacial score (nSPS) is 22.1. The first-order valence-corrected chi connectivity index (χ1v) is 8.18. The molecule has 2 aliphatic rings. The van der Waals surface area contributed by atoms with Crippen LogP contribution in [-0.4, -0.2) is 59.0 Å². The van der Waals surface area contributed by atoms with Crippen LogP contribution < -0.4 is 0 Å². The quantitative estimate of drug-likeness (QED) is 0.868. The smallest absolute Gasteiger partial charge is 0.335 e. The summed E-state index contributed by atoms with van der Waals surface area (Å²) in [7, 11) is 0. The van der Waals surface area contributed by atoms with Crippen molar-refractivity contribution in [2.75, 3.05) is 26.2 Å². The Hall–Kier alpha value is -2.14. The summed E-state index contributed by atoms with van der Waals surface area (Å²) in [5.74, 6) is -0.903. The molecule has 1 amide bonds. The molecule has 0 spiro atoms. The van der Waals surface area contributed by atoms with Crippen molar-refractivity contribution in [3.05, 3.63) is 41.5 Å². The maximum absolute atomic E-state index is 12.3. The summed E-state index contributed by atoms with van der Waals surface area (Å²) in [4.78, 5) is 27.6. The zero-order valence-electron chi connectivity index (χ0n) is 13.1. The van der Waals surface area contributed by atoms with Crippen LogP contribution in [0.5, 0.6) is 0 Å². The van der Waals surface area contributed by atoms with Crippen molar-refractivity contribution in [3.63, 3.8) is 0 Å². The number of aromatic carboxylic acids is 1. The lowest BCUT2D eigenvalue weighted by Gasteiger charge is -2.43. The fourth-order valence-corrected chi connectivity index (χ4v) is 3.37. The lowest BCUT2D eigenvalue weighted by atomic mass is 9.99. The number of hydrogen-bond acceptors (Lipinski definition) is 3.